The summed E-state index contributed by atoms with van der Waals surface area (Å²) in [7, 11) is -3.54. The van der Waals surface area contributed by atoms with E-state index in [-0.39, 0.29) is 0 Å². The van der Waals surface area contributed by atoms with Gasteiger partial charge in [-0.25, -0.2) is 8.42 Å². The number of aromatic nitrogens is 1. The maximum Gasteiger partial charge on any atom is 0.240 e. The van der Waals surface area contributed by atoms with Crippen molar-refractivity contribution in [3.05, 3.63) is 77.6 Å². The molecule has 2 aliphatic heterocycles. The summed E-state index contributed by atoms with van der Waals surface area (Å²) in [5, 5.41) is 17.7. The molecule has 170 valence electrons. The number of nitriles is 2. The van der Waals surface area contributed by atoms with E-state index in [1.807, 2.05) is 30.3 Å². The van der Waals surface area contributed by atoms with Gasteiger partial charge in [-0.2, -0.15) is 10.5 Å². The van der Waals surface area contributed by atoms with E-state index in [1.54, 1.807) is 42.4 Å². The molecule has 0 unspecified atom stereocenters. The van der Waals surface area contributed by atoms with Crippen LogP contribution in [-0.4, -0.2) is 48.9 Å². The molecule has 2 aliphatic rings. The standard InChI is InChI=1S/C25H21N5O2S2/c26-11-18-4-6-21(7-5-18)23-13-28-14-24-25(23)33-9-8-30(24)34(31,32)22-16-29(17-22)15-20-3-1-2-19(10-20)12-27/h1-7,10,13-14,22H,8-9,15-17H2. The Bertz CT molecular complexity index is 1420. The minimum atomic E-state index is -3.54. The Balaban J connectivity index is 1.35. The van der Waals surface area contributed by atoms with Crippen molar-refractivity contribution < 1.29 is 8.42 Å². The first kappa shape index (κ1) is 22.4. The zero-order valence-electron chi connectivity index (χ0n) is 18.3. The maximum atomic E-state index is 13.5. The highest BCUT2D eigenvalue weighted by atomic mass is 32.2. The van der Waals surface area contributed by atoms with Gasteiger partial charge in [-0.05, 0) is 35.4 Å². The van der Waals surface area contributed by atoms with Crippen molar-refractivity contribution in [2.24, 2.45) is 0 Å². The van der Waals surface area contributed by atoms with E-state index < -0.39 is 15.3 Å². The highest BCUT2D eigenvalue weighted by Gasteiger charge is 2.42. The molecule has 5 rings (SSSR count). The zero-order chi connectivity index (χ0) is 23.7. The molecule has 7 nitrogen and oxygen atoms in total. The molecule has 0 N–H and O–H groups in total. The van der Waals surface area contributed by atoms with Crippen molar-refractivity contribution in [2.45, 2.75) is 16.7 Å². The molecule has 34 heavy (non-hydrogen) atoms. The lowest BCUT2D eigenvalue weighted by Crippen LogP contribution is -2.58. The SMILES string of the molecule is N#Cc1ccc(-c2cncc3c2SCCN3S(=O)(=O)C2CN(Cc3cccc(C#N)c3)C2)cc1. The quantitative estimate of drug-likeness (QED) is 0.542. The fourth-order valence-corrected chi connectivity index (χ4v) is 7.53. The van der Waals surface area contributed by atoms with Crippen LogP contribution in [0.25, 0.3) is 11.1 Å². The summed E-state index contributed by atoms with van der Waals surface area (Å²) in [6, 6.07) is 18.9. The summed E-state index contributed by atoms with van der Waals surface area (Å²) < 4.78 is 28.6. The summed E-state index contributed by atoms with van der Waals surface area (Å²) in [6.45, 7) is 1.96. The predicted molar refractivity (Wildman–Crippen MR) is 132 cm³/mol. The highest BCUT2D eigenvalue weighted by Crippen LogP contribution is 2.43. The fourth-order valence-electron chi connectivity index (χ4n) is 4.33. The number of sulfonamides is 1. The van der Waals surface area contributed by atoms with E-state index in [4.69, 9.17) is 10.5 Å². The summed E-state index contributed by atoms with van der Waals surface area (Å²) in [6.07, 6.45) is 3.39. The molecule has 0 bridgehead atoms. The molecule has 9 heteroatoms. The van der Waals surface area contributed by atoms with Gasteiger partial charge in [0.1, 0.15) is 5.25 Å². The van der Waals surface area contributed by atoms with E-state index in [0.717, 1.165) is 21.6 Å². The molecule has 1 saturated heterocycles. The first-order valence-electron chi connectivity index (χ1n) is 10.8. The Kier molecular flexibility index (Phi) is 6.01. The molecule has 2 aromatic carbocycles. The van der Waals surface area contributed by atoms with Crippen molar-refractivity contribution in [2.75, 3.05) is 29.7 Å². The molecule has 0 aliphatic carbocycles. The van der Waals surface area contributed by atoms with Gasteiger partial charge in [0, 0.05) is 48.6 Å². The van der Waals surface area contributed by atoms with Crippen molar-refractivity contribution in [1.82, 2.24) is 9.88 Å². The number of likely N-dealkylation sites (tertiary alicyclic amines) is 1. The van der Waals surface area contributed by atoms with Crippen LogP contribution in [0.1, 0.15) is 16.7 Å². The molecule has 0 radical (unpaired) electrons. The van der Waals surface area contributed by atoms with E-state index in [2.05, 4.69) is 22.0 Å². The Morgan fingerprint density at radius 1 is 1.03 bits per heavy atom. The van der Waals surface area contributed by atoms with Gasteiger partial charge in [0.15, 0.2) is 0 Å². The van der Waals surface area contributed by atoms with Gasteiger partial charge in [0.05, 0.1) is 35.1 Å². The number of nitrogens with zero attached hydrogens (tertiary/aromatic N) is 5. The second-order valence-corrected chi connectivity index (χ2v) is 11.6. The third kappa shape index (κ3) is 4.14. The number of hydrogen-bond acceptors (Lipinski definition) is 7. The molecule has 3 aromatic rings. The third-order valence-electron chi connectivity index (χ3n) is 6.13. The smallest absolute Gasteiger partial charge is 0.240 e. The Hall–Kier alpha value is -3.37. The Labute approximate surface area is 203 Å². The van der Waals surface area contributed by atoms with E-state index in [9.17, 15) is 8.42 Å². The van der Waals surface area contributed by atoms with Gasteiger partial charge < -0.3 is 0 Å². The first-order chi connectivity index (χ1) is 16.5. The highest BCUT2D eigenvalue weighted by molar-refractivity contribution is 8.00. The second kappa shape index (κ2) is 9.11. The summed E-state index contributed by atoms with van der Waals surface area (Å²) >= 11 is 1.64. The number of hydrogen-bond donors (Lipinski definition) is 0. The molecule has 3 heterocycles. The molecule has 1 aromatic heterocycles. The van der Waals surface area contributed by atoms with Gasteiger partial charge in [-0.3, -0.25) is 14.2 Å². The molecular weight excluding hydrogens is 466 g/mol. The Morgan fingerprint density at radius 2 is 1.79 bits per heavy atom. The van der Waals surface area contributed by atoms with Crippen molar-refractivity contribution in [3.63, 3.8) is 0 Å². The van der Waals surface area contributed by atoms with E-state index >= 15 is 0 Å². The number of rotatable bonds is 5. The lowest BCUT2D eigenvalue weighted by atomic mass is 10.1. The third-order valence-corrected chi connectivity index (χ3v) is 9.37. The van der Waals surface area contributed by atoms with Crippen LogP contribution >= 0.6 is 11.8 Å². The average molecular weight is 488 g/mol. The van der Waals surface area contributed by atoms with Crippen LogP contribution in [-0.2, 0) is 16.6 Å². The van der Waals surface area contributed by atoms with Crippen LogP contribution in [0.5, 0.6) is 0 Å². The normalized spacial score (nSPS) is 16.2. The number of thioether (sulfide) groups is 1. The van der Waals surface area contributed by atoms with Gasteiger partial charge in [0.2, 0.25) is 10.0 Å². The average Bonchev–Trinajstić information content (AvgIpc) is 2.85. The van der Waals surface area contributed by atoms with Gasteiger partial charge in [-0.15, -0.1) is 11.8 Å². The lowest BCUT2D eigenvalue weighted by molar-refractivity contribution is 0.176. The number of benzene rings is 2. The van der Waals surface area contributed by atoms with E-state index in [0.29, 0.717) is 48.7 Å². The van der Waals surface area contributed by atoms with Crippen LogP contribution in [0.15, 0.2) is 65.8 Å². The van der Waals surface area contributed by atoms with Gasteiger partial charge >= 0.3 is 0 Å². The van der Waals surface area contributed by atoms with E-state index in [1.165, 1.54) is 4.31 Å². The summed E-state index contributed by atoms with van der Waals surface area (Å²) in [5.74, 6) is 0.664. The number of anilines is 1. The first-order valence-corrected chi connectivity index (χ1v) is 13.3. The van der Waals surface area contributed by atoms with Crippen LogP contribution < -0.4 is 4.31 Å². The maximum absolute atomic E-state index is 13.5. The molecular formula is C25H21N5O2S2. The lowest BCUT2D eigenvalue weighted by Gasteiger charge is -2.42. The summed E-state index contributed by atoms with van der Waals surface area (Å²) in [4.78, 5) is 7.34. The van der Waals surface area contributed by atoms with Crippen LogP contribution in [0, 0.1) is 22.7 Å². The van der Waals surface area contributed by atoms with Gasteiger partial charge in [-0.1, -0.05) is 24.3 Å². The summed E-state index contributed by atoms with van der Waals surface area (Å²) in [5.41, 5.74) is 4.59. The molecule has 0 spiro atoms. The van der Waals surface area contributed by atoms with Crippen molar-refractivity contribution in [3.8, 4) is 23.3 Å². The van der Waals surface area contributed by atoms with Crippen molar-refractivity contribution >= 4 is 27.5 Å². The van der Waals surface area contributed by atoms with Crippen LogP contribution in [0.2, 0.25) is 0 Å². The molecule has 0 atom stereocenters. The number of pyridine rings is 1. The molecule has 0 amide bonds. The number of fused-ring (bicyclic) bond motifs is 1. The zero-order valence-corrected chi connectivity index (χ0v) is 19.9. The minimum absolute atomic E-state index is 0.416. The predicted octanol–water partition coefficient (Wildman–Crippen LogP) is 3.62. The topological polar surface area (TPSA) is 101 Å². The van der Waals surface area contributed by atoms with Crippen LogP contribution in [0.4, 0.5) is 5.69 Å². The van der Waals surface area contributed by atoms with Crippen molar-refractivity contribution in [1.29, 1.82) is 10.5 Å². The Morgan fingerprint density at radius 3 is 2.53 bits per heavy atom. The molecule has 0 saturated carbocycles. The monoisotopic (exact) mass is 487 g/mol. The van der Waals surface area contributed by atoms with Crippen LogP contribution in [0.3, 0.4) is 0 Å². The minimum Gasteiger partial charge on any atom is -0.296 e. The fraction of sp³-hybridized carbons (Fsp3) is 0.240. The van der Waals surface area contributed by atoms with Gasteiger partial charge in [0.25, 0.3) is 0 Å². The second-order valence-electron chi connectivity index (χ2n) is 8.32. The largest absolute Gasteiger partial charge is 0.296 e. The molecule has 1 fully saturated rings.